The summed E-state index contributed by atoms with van der Waals surface area (Å²) in [7, 11) is 1.92. The van der Waals surface area contributed by atoms with E-state index in [1.165, 1.54) is 5.56 Å². The zero-order valence-electron chi connectivity index (χ0n) is 8.81. The van der Waals surface area contributed by atoms with Crippen LogP contribution >= 0.6 is 0 Å². The van der Waals surface area contributed by atoms with Crippen LogP contribution in [0.4, 0.5) is 5.82 Å². The number of hydrogen-bond donors (Lipinski definition) is 1. The summed E-state index contributed by atoms with van der Waals surface area (Å²) in [5.41, 5.74) is 2.21. The van der Waals surface area contributed by atoms with Gasteiger partial charge in [0, 0.05) is 37.7 Å². The molecular formula is C10H13N5. The Hall–Kier alpha value is -1.91. The van der Waals surface area contributed by atoms with E-state index >= 15 is 0 Å². The largest absolute Gasteiger partial charge is 0.365 e. The quantitative estimate of drug-likeness (QED) is 0.812. The molecule has 0 radical (unpaired) electrons. The van der Waals surface area contributed by atoms with E-state index in [-0.39, 0.29) is 0 Å². The first-order valence-electron chi connectivity index (χ1n) is 4.75. The van der Waals surface area contributed by atoms with Crippen LogP contribution in [0.2, 0.25) is 0 Å². The third-order valence-electron chi connectivity index (χ3n) is 2.14. The molecule has 2 aromatic rings. The fourth-order valence-corrected chi connectivity index (χ4v) is 1.40. The molecule has 15 heavy (non-hydrogen) atoms. The van der Waals surface area contributed by atoms with E-state index in [4.69, 9.17) is 0 Å². The van der Waals surface area contributed by atoms with Crippen molar-refractivity contribution in [3.05, 3.63) is 36.0 Å². The van der Waals surface area contributed by atoms with Crippen LogP contribution in [0.5, 0.6) is 0 Å². The lowest BCUT2D eigenvalue weighted by Gasteiger charge is -2.02. The number of aromatic nitrogens is 4. The molecule has 0 aliphatic rings. The fraction of sp³-hybridized carbons (Fsp3) is 0.300. The third kappa shape index (κ3) is 2.31. The Kier molecular flexibility index (Phi) is 2.62. The SMILES string of the molecule is Cc1nn(C)cc1CNc1cnccn1. The zero-order valence-corrected chi connectivity index (χ0v) is 8.81. The van der Waals surface area contributed by atoms with Gasteiger partial charge in [-0.1, -0.05) is 0 Å². The summed E-state index contributed by atoms with van der Waals surface area (Å²) in [5, 5.41) is 7.45. The predicted octanol–water partition coefficient (Wildman–Crippen LogP) is 1.13. The minimum absolute atomic E-state index is 0.721. The van der Waals surface area contributed by atoms with Crippen LogP contribution in [0.15, 0.2) is 24.8 Å². The maximum Gasteiger partial charge on any atom is 0.144 e. The van der Waals surface area contributed by atoms with Gasteiger partial charge < -0.3 is 5.32 Å². The van der Waals surface area contributed by atoms with E-state index in [0.29, 0.717) is 0 Å². The van der Waals surface area contributed by atoms with Crippen molar-refractivity contribution in [1.29, 1.82) is 0 Å². The number of hydrogen-bond acceptors (Lipinski definition) is 4. The molecule has 78 valence electrons. The van der Waals surface area contributed by atoms with Crippen molar-refractivity contribution in [2.45, 2.75) is 13.5 Å². The monoisotopic (exact) mass is 203 g/mol. The Morgan fingerprint density at radius 1 is 1.40 bits per heavy atom. The minimum atomic E-state index is 0.721. The molecule has 2 rings (SSSR count). The molecule has 0 aliphatic carbocycles. The molecular weight excluding hydrogens is 190 g/mol. The molecule has 0 saturated heterocycles. The Morgan fingerprint density at radius 2 is 2.27 bits per heavy atom. The summed E-state index contributed by atoms with van der Waals surface area (Å²) >= 11 is 0. The number of rotatable bonds is 3. The molecule has 0 saturated carbocycles. The number of nitrogens with zero attached hydrogens (tertiary/aromatic N) is 4. The highest BCUT2D eigenvalue weighted by atomic mass is 15.3. The van der Waals surface area contributed by atoms with Gasteiger partial charge in [0.25, 0.3) is 0 Å². The van der Waals surface area contributed by atoms with E-state index in [0.717, 1.165) is 18.1 Å². The lowest BCUT2D eigenvalue weighted by Crippen LogP contribution is -2.01. The Bertz CT molecular complexity index is 434. The maximum atomic E-state index is 4.26. The maximum absolute atomic E-state index is 4.26. The van der Waals surface area contributed by atoms with Gasteiger partial charge in [0.05, 0.1) is 11.9 Å². The smallest absolute Gasteiger partial charge is 0.144 e. The molecule has 0 fully saturated rings. The highest BCUT2D eigenvalue weighted by molar-refractivity contribution is 5.32. The van der Waals surface area contributed by atoms with E-state index in [2.05, 4.69) is 20.4 Å². The van der Waals surface area contributed by atoms with Crippen LogP contribution in [0, 0.1) is 6.92 Å². The van der Waals surface area contributed by atoms with Crippen molar-refractivity contribution >= 4 is 5.82 Å². The molecule has 0 spiro atoms. The Morgan fingerprint density at radius 3 is 2.87 bits per heavy atom. The zero-order chi connectivity index (χ0) is 10.7. The van der Waals surface area contributed by atoms with Crippen molar-refractivity contribution in [1.82, 2.24) is 19.7 Å². The van der Waals surface area contributed by atoms with Gasteiger partial charge in [0.15, 0.2) is 0 Å². The first-order chi connectivity index (χ1) is 7.25. The van der Waals surface area contributed by atoms with E-state index in [9.17, 15) is 0 Å². The van der Waals surface area contributed by atoms with Crippen LogP contribution < -0.4 is 5.32 Å². The normalized spacial score (nSPS) is 10.3. The molecule has 0 atom stereocenters. The molecule has 2 heterocycles. The van der Waals surface area contributed by atoms with Gasteiger partial charge in [-0.25, -0.2) is 4.98 Å². The Labute approximate surface area is 88.2 Å². The number of anilines is 1. The van der Waals surface area contributed by atoms with Crippen molar-refractivity contribution in [3.63, 3.8) is 0 Å². The summed E-state index contributed by atoms with van der Waals surface area (Å²) < 4.78 is 1.81. The van der Waals surface area contributed by atoms with Gasteiger partial charge >= 0.3 is 0 Å². The topological polar surface area (TPSA) is 55.6 Å². The summed E-state index contributed by atoms with van der Waals surface area (Å²) in [6, 6.07) is 0. The van der Waals surface area contributed by atoms with Crippen molar-refractivity contribution in [2.24, 2.45) is 7.05 Å². The molecule has 5 heteroatoms. The molecule has 1 N–H and O–H groups in total. The van der Waals surface area contributed by atoms with Gasteiger partial charge in [0.2, 0.25) is 0 Å². The average Bonchev–Trinajstić information content (AvgIpc) is 2.56. The van der Waals surface area contributed by atoms with Crippen LogP contribution in [0.1, 0.15) is 11.3 Å². The fourth-order valence-electron chi connectivity index (χ4n) is 1.40. The van der Waals surface area contributed by atoms with Crippen molar-refractivity contribution in [2.75, 3.05) is 5.32 Å². The third-order valence-corrected chi connectivity index (χ3v) is 2.14. The van der Waals surface area contributed by atoms with Crippen molar-refractivity contribution < 1.29 is 0 Å². The van der Waals surface area contributed by atoms with Crippen LogP contribution in [-0.4, -0.2) is 19.7 Å². The molecule has 0 aromatic carbocycles. The van der Waals surface area contributed by atoms with Crippen LogP contribution in [0.3, 0.4) is 0 Å². The van der Waals surface area contributed by atoms with Gasteiger partial charge in [-0.15, -0.1) is 0 Å². The summed E-state index contributed by atoms with van der Waals surface area (Å²) in [4.78, 5) is 8.11. The summed E-state index contributed by atoms with van der Waals surface area (Å²) in [5.74, 6) is 0.778. The minimum Gasteiger partial charge on any atom is -0.365 e. The highest BCUT2D eigenvalue weighted by Gasteiger charge is 2.02. The van der Waals surface area contributed by atoms with Crippen LogP contribution in [-0.2, 0) is 13.6 Å². The first-order valence-corrected chi connectivity index (χ1v) is 4.75. The molecule has 0 aliphatic heterocycles. The molecule has 2 aromatic heterocycles. The van der Waals surface area contributed by atoms with Crippen LogP contribution in [0.25, 0.3) is 0 Å². The van der Waals surface area contributed by atoms with E-state index < -0.39 is 0 Å². The summed E-state index contributed by atoms with van der Waals surface area (Å²) in [6.45, 7) is 2.71. The lowest BCUT2D eigenvalue weighted by molar-refractivity contribution is 0.756. The molecule has 0 amide bonds. The number of aryl methyl sites for hydroxylation is 2. The highest BCUT2D eigenvalue weighted by Crippen LogP contribution is 2.07. The second-order valence-corrected chi connectivity index (χ2v) is 3.36. The second kappa shape index (κ2) is 4.08. The standard InChI is InChI=1S/C10H13N5/c1-8-9(7-15(2)14-8)5-13-10-6-11-3-4-12-10/h3-4,6-7H,5H2,1-2H3,(H,12,13). The lowest BCUT2D eigenvalue weighted by atomic mass is 10.2. The van der Waals surface area contributed by atoms with Gasteiger partial charge in [-0.3, -0.25) is 9.67 Å². The summed E-state index contributed by atoms with van der Waals surface area (Å²) in [6.07, 6.45) is 7.02. The molecule has 0 unspecified atom stereocenters. The first kappa shape index (κ1) is 9.64. The molecule has 0 bridgehead atoms. The van der Waals surface area contributed by atoms with Gasteiger partial charge in [0.1, 0.15) is 5.82 Å². The number of nitrogens with one attached hydrogen (secondary N) is 1. The van der Waals surface area contributed by atoms with E-state index in [1.807, 2.05) is 24.9 Å². The Balaban J connectivity index is 2.02. The van der Waals surface area contributed by atoms with E-state index in [1.54, 1.807) is 18.6 Å². The van der Waals surface area contributed by atoms with Crippen molar-refractivity contribution in [3.8, 4) is 0 Å². The van der Waals surface area contributed by atoms with Gasteiger partial charge in [-0.2, -0.15) is 5.10 Å². The van der Waals surface area contributed by atoms with Gasteiger partial charge in [-0.05, 0) is 6.92 Å². The predicted molar refractivity (Wildman–Crippen MR) is 57.3 cm³/mol. The second-order valence-electron chi connectivity index (χ2n) is 3.36. The molecule has 5 nitrogen and oxygen atoms in total. The average molecular weight is 203 g/mol.